The van der Waals surface area contributed by atoms with Crippen molar-refractivity contribution in [2.75, 3.05) is 6.61 Å². The van der Waals surface area contributed by atoms with Gasteiger partial charge in [0.25, 0.3) is 0 Å². The Morgan fingerprint density at radius 3 is 2.60 bits per heavy atom. The Bertz CT molecular complexity index is 587. The van der Waals surface area contributed by atoms with Gasteiger partial charge in [-0.15, -0.1) is 0 Å². The molecule has 3 rings (SSSR count). The van der Waals surface area contributed by atoms with Crippen LogP contribution in [0.25, 0.3) is 0 Å². The van der Waals surface area contributed by atoms with E-state index in [9.17, 15) is 15.0 Å². The molecule has 0 bridgehead atoms. The van der Waals surface area contributed by atoms with Gasteiger partial charge in [0.1, 0.15) is 6.61 Å². The monoisotopic (exact) mass is 348 g/mol. The highest BCUT2D eigenvalue weighted by Gasteiger charge is 2.56. The number of carbonyl (C=O) groups is 1. The van der Waals surface area contributed by atoms with Gasteiger partial charge >= 0.3 is 5.97 Å². The Balaban J connectivity index is 0.00000109. The van der Waals surface area contributed by atoms with E-state index in [-0.39, 0.29) is 23.2 Å². The fourth-order valence-corrected chi connectivity index (χ4v) is 4.83. The molecule has 5 atom stereocenters. The Morgan fingerprint density at radius 2 is 2.00 bits per heavy atom. The van der Waals surface area contributed by atoms with Gasteiger partial charge in [0.15, 0.2) is 0 Å². The topological polar surface area (TPSA) is 66.8 Å². The van der Waals surface area contributed by atoms with Gasteiger partial charge in [0.05, 0.1) is 17.3 Å². The number of hydrogen-bond donors (Lipinski definition) is 2. The lowest BCUT2D eigenvalue weighted by atomic mass is 9.49. The van der Waals surface area contributed by atoms with Gasteiger partial charge in [-0.25, -0.2) is 4.79 Å². The summed E-state index contributed by atoms with van der Waals surface area (Å²) in [6.07, 6.45) is 8.08. The van der Waals surface area contributed by atoms with Crippen molar-refractivity contribution in [1.82, 2.24) is 0 Å². The Hall–Kier alpha value is -1.39. The SMILES string of the molecule is C=C1CCC2C(C)(O)[C@H](O)CC[C@@]2(C)[C@@H]1/C=C/C1=CCOC1=O.CC. The number of aliphatic hydroxyl groups excluding tert-OH is 1. The van der Waals surface area contributed by atoms with Crippen molar-refractivity contribution in [3.8, 4) is 0 Å². The highest BCUT2D eigenvalue weighted by Crippen LogP contribution is 2.58. The van der Waals surface area contributed by atoms with Gasteiger partial charge in [-0.1, -0.05) is 45.1 Å². The van der Waals surface area contributed by atoms with Gasteiger partial charge in [0.2, 0.25) is 0 Å². The van der Waals surface area contributed by atoms with E-state index in [1.165, 1.54) is 0 Å². The predicted molar refractivity (Wildman–Crippen MR) is 98.9 cm³/mol. The number of esters is 1. The standard InChI is InChI=1S/C19H26O4.C2H6/c1-12-4-7-15-18(2,10-8-16(20)19(15,3)22)14(12)6-5-13-9-11-23-17(13)21;1-2/h5-6,9,14-16,20,22H,1,4,7-8,10-11H2,2-3H3;1-2H3/b6-5+;/t14-,15?,16-,18+,19?;/m1./s1. The van der Waals surface area contributed by atoms with Crippen LogP contribution in [0, 0.1) is 17.3 Å². The molecule has 1 heterocycles. The van der Waals surface area contributed by atoms with Gasteiger partial charge in [-0.05, 0) is 50.0 Å². The van der Waals surface area contributed by atoms with E-state index in [4.69, 9.17) is 4.74 Å². The molecular weight excluding hydrogens is 316 g/mol. The molecule has 4 heteroatoms. The van der Waals surface area contributed by atoms with Crippen LogP contribution in [0.1, 0.15) is 53.4 Å². The molecule has 0 spiro atoms. The van der Waals surface area contributed by atoms with Gasteiger partial charge in [-0.3, -0.25) is 0 Å². The van der Waals surface area contributed by atoms with Crippen molar-refractivity contribution in [2.24, 2.45) is 17.3 Å². The normalized spacial score (nSPS) is 40.9. The molecule has 2 unspecified atom stereocenters. The van der Waals surface area contributed by atoms with Crippen molar-refractivity contribution >= 4 is 5.97 Å². The van der Waals surface area contributed by atoms with Crippen LogP contribution in [-0.4, -0.2) is 34.5 Å². The first-order chi connectivity index (χ1) is 11.8. The third-order valence-electron chi connectivity index (χ3n) is 6.26. The first-order valence-corrected chi connectivity index (χ1v) is 9.40. The molecule has 1 aliphatic heterocycles. The van der Waals surface area contributed by atoms with E-state index in [2.05, 4.69) is 13.5 Å². The first-order valence-electron chi connectivity index (χ1n) is 9.40. The maximum atomic E-state index is 11.6. The Labute approximate surface area is 151 Å². The third-order valence-corrected chi connectivity index (χ3v) is 6.26. The summed E-state index contributed by atoms with van der Waals surface area (Å²) in [5.74, 6) is -0.173. The summed E-state index contributed by atoms with van der Waals surface area (Å²) in [5, 5.41) is 21.1. The molecule has 4 nitrogen and oxygen atoms in total. The van der Waals surface area contributed by atoms with E-state index < -0.39 is 11.7 Å². The van der Waals surface area contributed by atoms with Crippen LogP contribution >= 0.6 is 0 Å². The summed E-state index contributed by atoms with van der Waals surface area (Å²) in [5.41, 5.74) is 0.494. The highest BCUT2D eigenvalue weighted by atomic mass is 16.5. The van der Waals surface area contributed by atoms with Crippen LogP contribution in [0.2, 0.25) is 0 Å². The van der Waals surface area contributed by atoms with Crippen LogP contribution in [-0.2, 0) is 9.53 Å². The number of cyclic esters (lactones) is 1. The van der Waals surface area contributed by atoms with Crippen LogP contribution in [0.3, 0.4) is 0 Å². The maximum absolute atomic E-state index is 11.6. The van der Waals surface area contributed by atoms with E-state index >= 15 is 0 Å². The molecule has 0 aromatic heterocycles. The predicted octanol–water partition coefficient (Wildman–Crippen LogP) is 3.55. The second kappa shape index (κ2) is 7.46. The quantitative estimate of drug-likeness (QED) is 0.592. The van der Waals surface area contributed by atoms with Crippen molar-refractivity contribution in [2.45, 2.75) is 65.1 Å². The smallest absolute Gasteiger partial charge is 0.338 e. The number of fused-ring (bicyclic) bond motifs is 1. The molecule has 2 saturated carbocycles. The Kier molecular flexibility index (Phi) is 5.95. The van der Waals surface area contributed by atoms with E-state index in [0.717, 1.165) is 24.8 Å². The molecule has 2 fully saturated rings. The van der Waals surface area contributed by atoms with Gasteiger partial charge in [0, 0.05) is 5.92 Å². The van der Waals surface area contributed by atoms with E-state index in [1.54, 1.807) is 13.0 Å². The van der Waals surface area contributed by atoms with Crippen molar-refractivity contribution in [1.29, 1.82) is 0 Å². The van der Waals surface area contributed by atoms with Crippen LogP contribution in [0.4, 0.5) is 0 Å². The van der Waals surface area contributed by atoms with E-state index in [1.807, 2.05) is 26.0 Å². The molecule has 0 saturated heterocycles. The number of allylic oxidation sites excluding steroid dienone is 2. The minimum Gasteiger partial charge on any atom is -0.458 e. The largest absolute Gasteiger partial charge is 0.458 e. The summed E-state index contributed by atoms with van der Waals surface area (Å²) in [4.78, 5) is 11.6. The number of ether oxygens (including phenoxy) is 1. The fourth-order valence-electron chi connectivity index (χ4n) is 4.83. The number of carbonyl (C=O) groups excluding carboxylic acids is 1. The van der Waals surface area contributed by atoms with Crippen LogP contribution in [0.5, 0.6) is 0 Å². The lowest BCUT2D eigenvalue weighted by Crippen LogP contribution is -2.59. The molecule has 3 aliphatic rings. The second-order valence-electron chi connectivity index (χ2n) is 7.63. The Morgan fingerprint density at radius 1 is 1.32 bits per heavy atom. The highest BCUT2D eigenvalue weighted by molar-refractivity contribution is 5.93. The van der Waals surface area contributed by atoms with E-state index in [0.29, 0.717) is 18.6 Å². The lowest BCUT2D eigenvalue weighted by Gasteiger charge is -2.57. The zero-order valence-corrected chi connectivity index (χ0v) is 15.9. The average Bonchev–Trinajstić information content (AvgIpc) is 2.98. The van der Waals surface area contributed by atoms with Gasteiger partial charge in [-0.2, -0.15) is 0 Å². The minimum atomic E-state index is -1.08. The molecule has 0 radical (unpaired) electrons. The number of hydrogen-bond acceptors (Lipinski definition) is 4. The maximum Gasteiger partial charge on any atom is 0.338 e. The minimum absolute atomic E-state index is 0.0170. The summed E-state index contributed by atoms with van der Waals surface area (Å²) in [7, 11) is 0. The lowest BCUT2D eigenvalue weighted by molar-refractivity contribution is -0.181. The molecular formula is C21H32O4. The van der Waals surface area contributed by atoms with Crippen molar-refractivity contribution in [3.63, 3.8) is 0 Å². The molecule has 25 heavy (non-hydrogen) atoms. The molecule has 2 aliphatic carbocycles. The molecule has 2 N–H and O–H groups in total. The zero-order chi connectivity index (χ0) is 18.8. The number of aliphatic hydroxyl groups is 2. The molecule has 140 valence electrons. The summed E-state index contributed by atoms with van der Waals surface area (Å²) in [6.45, 7) is 12.5. The molecule has 0 amide bonds. The molecule has 0 aromatic carbocycles. The van der Waals surface area contributed by atoms with Crippen LogP contribution in [0.15, 0.2) is 36.0 Å². The summed E-state index contributed by atoms with van der Waals surface area (Å²) >= 11 is 0. The van der Waals surface area contributed by atoms with Crippen LogP contribution < -0.4 is 0 Å². The zero-order valence-electron chi connectivity index (χ0n) is 15.9. The second-order valence-corrected chi connectivity index (χ2v) is 7.63. The summed E-state index contributed by atoms with van der Waals surface area (Å²) < 4.78 is 4.93. The molecule has 0 aromatic rings. The average molecular weight is 348 g/mol. The first kappa shape index (κ1) is 19.9. The van der Waals surface area contributed by atoms with Crippen molar-refractivity contribution < 1.29 is 19.7 Å². The number of rotatable bonds is 2. The van der Waals surface area contributed by atoms with Gasteiger partial charge < -0.3 is 14.9 Å². The summed E-state index contributed by atoms with van der Waals surface area (Å²) in [6, 6.07) is 0. The van der Waals surface area contributed by atoms with Crippen molar-refractivity contribution in [3.05, 3.63) is 36.0 Å². The fraction of sp³-hybridized carbons (Fsp3) is 0.667. The third kappa shape index (κ3) is 3.47.